The average Bonchev–Trinajstić information content (AvgIpc) is 2.68. The molecule has 0 atom stereocenters. The van der Waals surface area contributed by atoms with E-state index in [1.807, 2.05) is 30.1 Å². The molecule has 2 fully saturated rings. The normalized spacial score (nSPS) is 21.1. The molecule has 0 aromatic heterocycles. The van der Waals surface area contributed by atoms with Gasteiger partial charge in [-0.25, -0.2) is 0 Å². The minimum atomic E-state index is -0.846. The van der Waals surface area contributed by atoms with Gasteiger partial charge in [0, 0.05) is 37.7 Å². The quantitative estimate of drug-likeness (QED) is 0.798. The van der Waals surface area contributed by atoms with E-state index >= 15 is 0 Å². The zero-order chi connectivity index (χ0) is 19.3. The van der Waals surface area contributed by atoms with Crippen molar-refractivity contribution in [2.45, 2.75) is 69.4 Å². The molecule has 0 bridgehead atoms. The van der Waals surface area contributed by atoms with Gasteiger partial charge in [-0.2, -0.15) is 0 Å². The topological polar surface area (TPSA) is 43.8 Å². The largest absolute Gasteiger partial charge is 0.389 e. The monoisotopic (exact) mass is 392 g/mol. The van der Waals surface area contributed by atoms with Crippen molar-refractivity contribution in [1.29, 1.82) is 0 Å². The lowest BCUT2D eigenvalue weighted by Crippen LogP contribution is -2.49. The van der Waals surface area contributed by atoms with Gasteiger partial charge in [0.05, 0.1) is 12.0 Å². The molecule has 1 N–H and O–H groups in total. The van der Waals surface area contributed by atoms with Crippen LogP contribution < -0.4 is 0 Å². The standard InChI is InChI=1S/C22H33ClN2O2/c1-24(19-8-3-2-4-9-19)21(26)17-22(27)12-15-25(16-13-22)14-11-18-7-5-6-10-20(18)23/h5-7,10,19,27H,2-4,8-9,11-17H2,1H3. The number of carbonyl (C=O) groups excluding carboxylic acids is 1. The van der Waals surface area contributed by atoms with E-state index in [0.29, 0.717) is 18.9 Å². The summed E-state index contributed by atoms with van der Waals surface area (Å²) in [4.78, 5) is 17.0. The molecule has 1 heterocycles. The first kappa shape index (κ1) is 20.6. The first-order valence-corrected chi connectivity index (χ1v) is 10.8. The minimum absolute atomic E-state index is 0.105. The van der Waals surface area contributed by atoms with E-state index < -0.39 is 5.60 Å². The first-order valence-electron chi connectivity index (χ1n) is 10.4. The van der Waals surface area contributed by atoms with Crippen LogP contribution in [0.15, 0.2) is 24.3 Å². The van der Waals surface area contributed by atoms with Crippen LogP contribution in [0.25, 0.3) is 0 Å². The molecule has 0 spiro atoms. The Hall–Kier alpha value is -1.10. The molecule has 2 aliphatic rings. The van der Waals surface area contributed by atoms with Crippen molar-refractivity contribution in [3.05, 3.63) is 34.9 Å². The van der Waals surface area contributed by atoms with Gasteiger partial charge in [-0.3, -0.25) is 4.79 Å². The maximum absolute atomic E-state index is 12.7. The number of amides is 1. The van der Waals surface area contributed by atoms with Gasteiger partial charge >= 0.3 is 0 Å². The van der Waals surface area contributed by atoms with E-state index in [2.05, 4.69) is 11.0 Å². The molecule has 27 heavy (non-hydrogen) atoms. The van der Waals surface area contributed by atoms with E-state index in [0.717, 1.165) is 43.9 Å². The number of carbonyl (C=O) groups is 1. The van der Waals surface area contributed by atoms with E-state index in [9.17, 15) is 9.90 Å². The Morgan fingerprint density at radius 2 is 1.89 bits per heavy atom. The Bertz CT molecular complexity index is 622. The predicted octanol–water partition coefficient (Wildman–Crippen LogP) is 3.89. The SMILES string of the molecule is CN(C(=O)CC1(O)CCN(CCc2ccccc2Cl)CC1)C1CCCCC1. The Balaban J connectivity index is 1.44. The van der Waals surface area contributed by atoms with Crippen LogP contribution in [0.1, 0.15) is 56.9 Å². The number of aliphatic hydroxyl groups is 1. The summed E-state index contributed by atoms with van der Waals surface area (Å²) in [7, 11) is 1.92. The maximum Gasteiger partial charge on any atom is 0.225 e. The third kappa shape index (κ3) is 5.69. The Morgan fingerprint density at radius 3 is 2.56 bits per heavy atom. The Labute approximate surface area is 168 Å². The zero-order valence-corrected chi connectivity index (χ0v) is 17.3. The summed E-state index contributed by atoms with van der Waals surface area (Å²) in [6, 6.07) is 8.34. The lowest BCUT2D eigenvalue weighted by Gasteiger charge is -2.39. The fourth-order valence-electron chi connectivity index (χ4n) is 4.43. The second kappa shape index (κ2) is 9.40. The highest BCUT2D eigenvalue weighted by molar-refractivity contribution is 6.31. The van der Waals surface area contributed by atoms with Crippen LogP contribution in [-0.2, 0) is 11.2 Å². The number of hydrogen-bond acceptors (Lipinski definition) is 3. The highest BCUT2D eigenvalue weighted by Crippen LogP contribution is 2.29. The summed E-state index contributed by atoms with van der Waals surface area (Å²) in [5.41, 5.74) is 0.324. The van der Waals surface area contributed by atoms with Gasteiger partial charge in [-0.05, 0) is 43.7 Å². The number of benzene rings is 1. The molecule has 0 unspecified atom stereocenters. The van der Waals surface area contributed by atoms with Gasteiger partial charge in [0.2, 0.25) is 5.91 Å². The summed E-state index contributed by atoms with van der Waals surface area (Å²) >= 11 is 6.24. The molecule has 1 aliphatic carbocycles. The molecule has 5 heteroatoms. The van der Waals surface area contributed by atoms with Crippen LogP contribution in [0.3, 0.4) is 0 Å². The number of likely N-dealkylation sites (tertiary alicyclic amines) is 1. The minimum Gasteiger partial charge on any atom is -0.389 e. The molecule has 1 aliphatic heterocycles. The number of rotatable bonds is 6. The lowest BCUT2D eigenvalue weighted by atomic mass is 9.87. The van der Waals surface area contributed by atoms with Gasteiger partial charge in [0.15, 0.2) is 0 Å². The Kier molecular flexibility index (Phi) is 7.18. The van der Waals surface area contributed by atoms with Crippen molar-refractivity contribution in [3.8, 4) is 0 Å². The summed E-state index contributed by atoms with van der Waals surface area (Å²) in [5.74, 6) is 0.105. The van der Waals surface area contributed by atoms with E-state index in [-0.39, 0.29) is 12.3 Å². The van der Waals surface area contributed by atoms with Crippen LogP contribution in [0.5, 0.6) is 0 Å². The van der Waals surface area contributed by atoms with Crippen LogP contribution in [0, 0.1) is 0 Å². The first-order chi connectivity index (χ1) is 13.0. The molecule has 150 valence electrons. The molecule has 4 nitrogen and oxygen atoms in total. The lowest BCUT2D eigenvalue weighted by molar-refractivity contribution is -0.139. The van der Waals surface area contributed by atoms with Crippen molar-refractivity contribution in [2.24, 2.45) is 0 Å². The van der Waals surface area contributed by atoms with Crippen LogP contribution in [-0.4, -0.2) is 59.1 Å². The fraction of sp³-hybridized carbons (Fsp3) is 0.682. The van der Waals surface area contributed by atoms with Crippen molar-refractivity contribution in [1.82, 2.24) is 9.80 Å². The van der Waals surface area contributed by atoms with Gasteiger partial charge in [0.25, 0.3) is 0 Å². The third-order valence-electron chi connectivity index (χ3n) is 6.44. The Morgan fingerprint density at radius 1 is 1.22 bits per heavy atom. The maximum atomic E-state index is 12.7. The number of hydrogen-bond donors (Lipinski definition) is 1. The molecule has 3 rings (SSSR count). The predicted molar refractivity (Wildman–Crippen MR) is 110 cm³/mol. The molecular weight excluding hydrogens is 360 g/mol. The summed E-state index contributed by atoms with van der Waals surface area (Å²) < 4.78 is 0. The molecule has 1 saturated carbocycles. The van der Waals surface area contributed by atoms with Crippen molar-refractivity contribution >= 4 is 17.5 Å². The third-order valence-corrected chi connectivity index (χ3v) is 6.81. The molecule has 0 radical (unpaired) electrons. The fourth-order valence-corrected chi connectivity index (χ4v) is 4.66. The van der Waals surface area contributed by atoms with Crippen molar-refractivity contribution in [2.75, 3.05) is 26.7 Å². The van der Waals surface area contributed by atoms with Gasteiger partial charge < -0.3 is 14.9 Å². The second-order valence-corrected chi connectivity index (χ2v) is 8.79. The highest BCUT2D eigenvalue weighted by Gasteiger charge is 2.36. The van der Waals surface area contributed by atoms with Gasteiger partial charge in [0.1, 0.15) is 0 Å². The number of halogens is 1. The van der Waals surface area contributed by atoms with Crippen molar-refractivity contribution < 1.29 is 9.90 Å². The average molecular weight is 393 g/mol. The van der Waals surface area contributed by atoms with Crippen LogP contribution in [0.4, 0.5) is 0 Å². The summed E-state index contributed by atoms with van der Waals surface area (Å²) in [5, 5.41) is 11.8. The second-order valence-electron chi connectivity index (χ2n) is 8.38. The summed E-state index contributed by atoms with van der Waals surface area (Å²) in [6.07, 6.45) is 8.44. The van der Waals surface area contributed by atoms with E-state index in [1.165, 1.54) is 24.8 Å². The van der Waals surface area contributed by atoms with Gasteiger partial charge in [-0.1, -0.05) is 49.1 Å². The molecule has 1 aromatic rings. The number of piperidine rings is 1. The van der Waals surface area contributed by atoms with Gasteiger partial charge in [-0.15, -0.1) is 0 Å². The molecule has 1 aromatic carbocycles. The highest BCUT2D eigenvalue weighted by atomic mass is 35.5. The summed E-state index contributed by atoms with van der Waals surface area (Å²) in [6.45, 7) is 2.61. The van der Waals surface area contributed by atoms with Crippen LogP contribution in [0.2, 0.25) is 5.02 Å². The smallest absolute Gasteiger partial charge is 0.225 e. The molecular formula is C22H33ClN2O2. The van der Waals surface area contributed by atoms with E-state index in [1.54, 1.807) is 0 Å². The molecule has 1 saturated heterocycles. The van der Waals surface area contributed by atoms with Crippen molar-refractivity contribution in [3.63, 3.8) is 0 Å². The number of nitrogens with zero attached hydrogens (tertiary/aromatic N) is 2. The van der Waals surface area contributed by atoms with E-state index in [4.69, 9.17) is 11.6 Å². The molecule has 1 amide bonds. The van der Waals surface area contributed by atoms with Crippen LogP contribution >= 0.6 is 11.6 Å². The zero-order valence-electron chi connectivity index (χ0n) is 16.5.